The average Bonchev–Trinajstić information content (AvgIpc) is 1.58. The molecule has 0 amide bonds. The largest absolute Gasteiger partial charge is 0.254 e. The molecule has 524 valence electrons. The van der Waals surface area contributed by atoms with Crippen molar-refractivity contribution in [2.24, 2.45) is 0 Å². The lowest BCUT2D eigenvalue weighted by atomic mass is 9.98. The van der Waals surface area contributed by atoms with Gasteiger partial charge in [-0.2, -0.15) is 0 Å². The van der Waals surface area contributed by atoms with Crippen molar-refractivity contribution in [2.45, 2.75) is 0 Å². The number of pyridine rings is 2. The van der Waals surface area contributed by atoms with Crippen molar-refractivity contribution >= 4 is 85.5 Å². The summed E-state index contributed by atoms with van der Waals surface area (Å²) >= 11 is 3.32. The Kier molecular flexibility index (Phi) is 17.3. The molecular formula is C97H59N13S2. The van der Waals surface area contributed by atoms with E-state index in [0.717, 1.165) is 143 Å². The van der Waals surface area contributed by atoms with Crippen LogP contribution in [0.3, 0.4) is 0 Å². The van der Waals surface area contributed by atoms with Gasteiger partial charge >= 0.3 is 0 Å². The molecule has 0 N–H and O–H groups in total. The van der Waals surface area contributed by atoms with Crippen LogP contribution < -0.4 is 0 Å². The predicted molar refractivity (Wildman–Crippen MR) is 456 cm³/mol. The van der Waals surface area contributed by atoms with Crippen LogP contribution in [-0.4, -0.2) is 65.3 Å². The fourth-order valence-electron chi connectivity index (χ4n) is 14.3. The van der Waals surface area contributed by atoms with Crippen molar-refractivity contribution in [3.05, 3.63) is 358 Å². The Labute approximate surface area is 650 Å². The maximum atomic E-state index is 5.13. The van der Waals surface area contributed by atoms with Crippen LogP contribution in [0.2, 0.25) is 0 Å². The Morgan fingerprint density at radius 1 is 0.205 bits per heavy atom. The zero-order chi connectivity index (χ0) is 74.3. The van der Waals surface area contributed by atoms with Gasteiger partial charge in [-0.3, -0.25) is 4.98 Å². The highest BCUT2D eigenvalue weighted by molar-refractivity contribution is 7.26. The molecule has 15 heteroatoms. The van der Waals surface area contributed by atoms with E-state index in [1.807, 2.05) is 146 Å². The van der Waals surface area contributed by atoms with Crippen LogP contribution in [0.15, 0.2) is 358 Å². The molecule has 13 nitrogen and oxygen atoms in total. The van der Waals surface area contributed by atoms with Crippen LogP contribution in [0, 0.1) is 0 Å². The number of hydrogen-bond acceptors (Lipinski definition) is 15. The Bertz CT molecular complexity index is 7080. The SMILES string of the molecule is c1ccc(-c2ccc(-c3nc(-c4ccccc4)nc(-c4ccc(-c5ccc(-c6ccc(-c7nc8cccnc8c8c7sc7ccccc78)cc6)cc5)cc4)n3)cc2)cc1.c1ccc(-c2ccc(-c3nc(-c4ccccc4)nc(-c4cccc(-c5cccc(-c6nnnc7c6sc6nc8ccccc8nc67)c5)c4)n3)cc2)cc1. The van der Waals surface area contributed by atoms with E-state index in [4.69, 9.17) is 49.8 Å². The van der Waals surface area contributed by atoms with Crippen molar-refractivity contribution in [3.8, 4) is 146 Å². The molecule has 0 spiro atoms. The van der Waals surface area contributed by atoms with Gasteiger partial charge in [0.1, 0.15) is 21.6 Å². The van der Waals surface area contributed by atoms with Gasteiger partial charge in [-0.25, -0.2) is 44.9 Å². The molecular weight excluding hydrogens is 1410 g/mol. The Morgan fingerprint density at radius 2 is 0.571 bits per heavy atom. The first-order chi connectivity index (χ1) is 55.4. The molecule has 0 radical (unpaired) electrons. The molecule has 21 rings (SSSR count). The van der Waals surface area contributed by atoms with E-state index >= 15 is 0 Å². The standard InChI is InChI=1S/C53H33N5S.C44H26N8S/c1-3-10-34(11-4-1)35-23-29-42(30-24-35)52-56-51(41-12-5-2-6-13-41)57-53(58-52)43-31-25-39(26-32-43)37-19-17-36(18-20-37)38-21-27-40(28-22-38)48-50-47(44-14-7-8-16-46(44)59-50)49-45(55-48)15-9-33-54-49;1-3-11-27(12-4-1)28-21-23-30(24-22-28)42-47-41(29-13-5-2-6-14-29)48-43(49-42)34-18-10-16-32(26-34)31-15-9-17-33(25-31)37-40-38(51-52-50-37)39-44(53-40)46-36-20-8-7-19-35(36)45-39/h1-33H;1-26H. The van der Waals surface area contributed by atoms with Gasteiger partial charge in [0.05, 0.1) is 37.2 Å². The lowest BCUT2D eigenvalue weighted by Gasteiger charge is -2.11. The minimum Gasteiger partial charge on any atom is -0.254 e. The van der Waals surface area contributed by atoms with E-state index in [-0.39, 0.29) is 0 Å². The fraction of sp³-hybridized carbons (Fsp3) is 0. The van der Waals surface area contributed by atoms with Gasteiger partial charge in [0, 0.05) is 66.2 Å². The molecule has 21 aromatic rings. The lowest BCUT2D eigenvalue weighted by Crippen LogP contribution is -2.00. The first-order valence-corrected chi connectivity index (χ1v) is 38.3. The molecule has 0 saturated heterocycles. The third kappa shape index (κ3) is 13.1. The molecule has 0 aliphatic carbocycles. The van der Waals surface area contributed by atoms with Crippen LogP contribution in [-0.2, 0) is 0 Å². The first kappa shape index (κ1) is 66.6. The van der Waals surface area contributed by atoms with E-state index in [1.165, 1.54) is 37.1 Å². The normalized spacial score (nSPS) is 11.4. The molecule has 0 aliphatic heterocycles. The quantitative estimate of drug-likeness (QED) is 0.107. The van der Waals surface area contributed by atoms with Gasteiger partial charge < -0.3 is 0 Å². The molecule has 0 aliphatic rings. The van der Waals surface area contributed by atoms with Crippen LogP contribution in [0.4, 0.5) is 0 Å². The minimum absolute atomic E-state index is 0.596. The predicted octanol–water partition coefficient (Wildman–Crippen LogP) is 24.2. The maximum Gasteiger partial charge on any atom is 0.164 e. The van der Waals surface area contributed by atoms with Crippen molar-refractivity contribution in [1.82, 2.24) is 65.3 Å². The molecule has 8 aromatic heterocycles. The molecule has 0 atom stereocenters. The fourth-order valence-corrected chi connectivity index (χ4v) is 16.6. The summed E-state index contributed by atoms with van der Waals surface area (Å²) in [6.45, 7) is 0. The second kappa shape index (κ2) is 29.1. The molecule has 0 fully saturated rings. The summed E-state index contributed by atoms with van der Waals surface area (Å²) in [5.74, 6) is 3.74. The number of thiophene rings is 2. The molecule has 112 heavy (non-hydrogen) atoms. The monoisotopic (exact) mass is 1470 g/mol. The van der Waals surface area contributed by atoms with E-state index in [9.17, 15) is 0 Å². The minimum atomic E-state index is 0.596. The van der Waals surface area contributed by atoms with Gasteiger partial charge in [-0.15, -0.1) is 32.9 Å². The topological polar surface area (TPSA) is 168 Å². The summed E-state index contributed by atoms with van der Waals surface area (Å²) in [6, 6.07) is 121. The van der Waals surface area contributed by atoms with Gasteiger partial charge in [-0.05, 0) is 103 Å². The second-order valence-corrected chi connectivity index (χ2v) is 29.1. The van der Waals surface area contributed by atoms with Crippen LogP contribution in [0.5, 0.6) is 0 Å². The van der Waals surface area contributed by atoms with Crippen molar-refractivity contribution in [3.63, 3.8) is 0 Å². The highest BCUT2D eigenvalue weighted by atomic mass is 32.1. The number of fused-ring (bicyclic) bond motifs is 9. The number of nitrogens with zero attached hydrogens (tertiary/aromatic N) is 13. The van der Waals surface area contributed by atoms with Crippen LogP contribution >= 0.6 is 22.7 Å². The summed E-state index contributed by atoms with van der Waals surface area (Å²) < 4.78 is 3.31. The van der Waals surface area contributed by atoms with Crippen molar-refractivity contribution < 1.29 is 0 Å². The average molecular weight is 1470 g/mol. The van der Waals surface area contributed by atoms with Gasteiger partial charge in [0.2, 0.25) is 0 Å². The molecule has 0 unspecified atom stereocenters. The molecule has 13 aromatic carbocycles. The Balaban J connectivity index is 0.000000147. The van der Waals surface area contributed by atoms with Gasteiger partial charge in [0.15, 0.2) is 34.9 Å². The zero-order valence-electron chi connectivity index (χ0n) is 59.7. The summed E-state index contributed by atoms with van der Waals surface area (Å²) in [5.41, 5.74) is 25.5. The van der Waals surface area contributed by atoms with Crippen molar-refractivity contribution in [2.75, 3.05) is 0 Å². The summed E-state index contributed by atoms with van der Waals surface area (Å²) in [4.78, 5) is 50.2. The number of rotatable bonds is 13. The van der Waals surface area contributed by atoms with Gasteiger partial charge in [0.25, 0.3) is 0 Å². The van der Waals surface area contributed by atoms with Crippen LogP contribution in [0.25, 0.3) is 209 Å². The van der Waals surface area contributed by atoms with E-state index in [0.29, 0.717) is 40.5 Å². The number of aromatic nitrogens is 13. The summed E-state index contributed by atoms with van der Waals surface area (Å²) in [5, 5.41) is 15.5. The smallest absolute Gasteiger partial charge is 0.164 e. The molecule has 8 heterocycles. The summed E-state index contributed by atoms with van der Waals surface area (Å²) in [6.07, 6.45) is 1.85. The Hall–Kier alpha value is -14.8. The Morgan fingerprint density at radius 3 is 1.07 bits per heavy atom. The lowest BCUT2D eigenvalue weighted by molar-refractivity contribution is 0.904. The maximum absolute atomic E-state index is 5.13. The van der Waals surface area contributed by atoms with Crippen LogP contribution in [0.1, 0.15) is 0 Å². The number of benzene rings is 13. The van der Waals surface area contributed by atoms with Crippen molar-refractivity contribution in [1.29, 1.82) is 0 Å². The number of para-hydroxylation sites is 2. The highest BCUT2D eigenvalue weighted by Gasteiger charge is 2.22. The molecule has 0 bridgehead atoms. The first-order valence-electron chi connectivity index (χ1n) is 36.7. The zero-order valence-corrected chi connectivity index (χ0v) is 61.3. The van der Waals surface area contributed by atoms with E-state index in [1.54, 1.807) is 11.3 Å². The van der Waals surface area contributed by atoms with E-state index < -0.39 is 0 Å². The van der Waals surface area contributed by atoms with Gasteiger partial charge in [-0.1, -0.05) is 309 Å². The third-order valence-electron chi connectivity index (χ3n) is 20.0. The second-order valence-electron chi connectivity index (χ2n) is 27.0. The van der Waals surface area contributed by atoms with E-state index in [2.05, 4.69) is 228 Å². The third-order valence-corrected chi connectivity index (χ3v) is 22.3. The number of hydrogen-bond donors (Lipinski definition) is 0. The molecule has 0 saturated carbocycles. The highest BCUT2D eigenvalue weighted by Crippen LogP contribution is 2.44. The summed E-state index contributed by atoms with van der Waals surface area (Å²) in [7, 11) is 0.